The smallest absolute Gasteiger partial charge is 0.309 e. The molecule has 1 amide bonds. The Morgan fingerprint density at radius 2 is 1.46 bits per heavy atom. The van der Waals surface area contributed by atoms with Crippen molar-refractivity contribution in [2.24, 2.45) is 16.7 Å². The lowest BCUT2D eigenvalue weighted by Gasteiger charge is -2.36. The van der Waals surface area contributed by atoms with Crippen molar-refractivity contribution in [1.29, 1.82) is 0 Å². The van der Waals surface area contributed by atoms with Gasteiger partial charge in [0.25, 0.3) is 0 Å². The number of carboxylic acids is 2. The molecule has 2 N–H and O–H groups in total. The van der Waals surface area contributed by atoms with E-state index < -0.39 is 28.7 Å². The molecule has 11 heteroatoms. The summed E-state index contributed by atoms with van der Waals surface area (Å²) in [5.74, 6) is 1.35. The largest absolute Gasteiger partial charge is 0.493 e. The monoisotopic (exact) mass is 668 g/mol. The Kier molecular flexibility index (Phi) is 11.6. The summed E-state index contributed by atoms with van der Waals surface area (Å²) in [6, 6.07) is 8.18. The summed E-state index contributed by atoms with van der Waals surface area (Å²) < 4.78 is 21.7. The minimum Gasteiger partial charge on any atom is -0.493 e. The average molecular weight is 669 g/mol. The fourth-order valence-corrected chi connectivity index (χ4v) is 7.47. The van der Waals surface area contributed by atoms with E-state index in [4.69, 9.17) is 29.2 Å². The molecule has 48 heavy (non-hydrogen) atoms. The van der Waals surface area contributed by atoms with Crippen molar-refractivity contribution in [3.63, 3.8) is 0 Å². The van der Waals surface area contributed by atoms with Crippen LogP contribution < -0.4 is 18.9 Å². The molecule has 2 aromatic carbocycles. The van der Waals surface area contributed by atoms with Crippen LogP contribution in [0.15, 0.2) is 24.3 Å². The number of aliphatic carboxylic acids is 2. The van der Waals surface area contributed by atoms with Crippen molar-refractivity contribution in [2.75, 3.05) is 61.7 Å². The number of benzene rings is 2. The third-order valence-electron chi connectivity index (χ3n) is 11.1. The number of ether oxygens (including phenoxy) is 4. The summed E-state index contributed by atoms with van der Waals surface area (Å²) in [4.78, 5) is 39.3. The molecule has 2 aromatic rings. The summed E-state index contributed by atoms with van der Waals surface area (Å²) in [5, 5.41) is 18.1. The van der Waals surface area contributed by atoms with Crippen LogP contribution in [0, 0.1) is 16.7 Å². The maximum absolute atomic E-state index is 12.9. The molecule has 5 rings (SSSR count). The van der Waals surface area contributed by atoms with Gasteiger partial charge in [-0.2, -0.15) is 0 Å². The van der Waals surface area contributed by atoms with Crippen LogP contribution in [-0.4, -0.2) is 99.5 Å². The first-order valence-electron chi connectivity index (χ1n) is 16.6. The highest BCUT2D eigenvalue weighted by molar-refractivity contribution is 5.81. The highest BCUT2D eigenvalue weighted by atomic mass is 16.5. The van der Waals surface area contributed by atoms with Crippen LogP contribution in [-0.2, 0) is 33.6 Å². The van der Waals surface area contributed by atoms with E-state index in [9.17, 15) is 14.4 Å². The summed E-state index contributed by atoms with van der Waals surface area (Å²) in [5.41, 5.74) is 3.30. The minimum absolute atomic E-state index is 0.183. The highest BCUT2D eigenvalue weighted by Gasteiger charge is 2.58. The number of carbonyl (C=O) groups is 3. The zero-order chi connectivity index (χ0) is 35.4. The van der Waals surface area contributed by atoms with Gasteiger partial charge in [0, 0.05) is 25.6 Å². The van der Waals surface area contributed by atoms with Gasteiger partial charge in [0.1, 0.15) is 0 Å². The van der Waals surface area contributed by atoms with Crippen molar-refractivity contribution in [1.82, 2.24) is 9.80 Å². The Labute approximate surface area is 284 Å². The van der Waals surface area contributed by atoms with Crippen molar-refractivity contribution in [2.45, 2.75) is 65.2 Å². The molecule has 3 atom stereocenters. The molecule has 0 saturated heterocycles. The summed E-state index contributed by atoms with van der Waals surface area (Å²) in [7, 11) is 8.79. The van der Waals surface area contributed by atoms with E-state index in [1.807, 2.05) is 17.0 Å². The minimum atomic E-state index is -0.921. The second-order valence-corrected chi connectivity index (χ2v) is 14.0. The summed E-state index contributed by atoms with van der Waals surface area (Å²) >= 11 is 0. The van der Waals surface area contributed by atoms with Crippen LogP contribution in [0.5, 0.6) is 23.0 Å². The van der Waals surface area contributed by atoms with Crippen LogP contribution in [0.1, 0.15) is 68.2 Å². The molecule has 0 radical (unpaired) electrons. The van der Waals surface area contributed by atoms with Gasteiger partial charge in [0.2, 0.25) is 5.91 Å². The maximum Gasteiger partial charge on any atom is 0.309 e. The molecule has 1 aliphatic heterocycles. The average Bonchev–Trinajstić information content (AvgIpc) is 3.19. The molecule has 1 fully saturated rings. The number of hydrogen-bond acceptors (Lipinski definition) is 8. The molecule has 0 aromatic heterocycles. The quantitative estimate of drug-likeness (QED) is 0.321. The molecule has 1 heterocycles. The molecular weight excluding hydrogens is 616 g/mol. The first-order valence-corrected chi connectivity index (χ1v) is 16.6. The number of fused-ring (bicyclic) bond motifs is 2. The van der Waals surface area contributed by atoms with Crippen LogP contribution in [0.4, 0.5) is 0 Å². The topological polar surface area (TPSA) is 135 Å². The first kappa shape index (κ1) is 36.8. The third kappa shape index (κ3) is 7.36. The van der Waals surface area contributed by atoms with Gasteiger partial charge >= 0.3 is 11.9 Å². The second kappa shape index (κ2) is 15.1. The van der Waals surface area contributed by atoms with E-state index in [0.29, 0.717) is 30.9 Å². The fraction of sp³-hybridized carbons (Fsp3) is 0.595. The number of likely N-dealkylation sites (N-methyl/N-ethyl adjacent to an activating group) is 1. The predicted molar refractivity (Wildman–Crippen MR) is 182 cm³/mol. The Morgan fingerprint density at radius 1 is 0.896 bits per heavy atom. The van der Waals surface area contributed by atoms with Crippen LogP contribution in [0.25, 0.3) is 0 Å². The normalized spacial score (nSPS) is 22.4. The molecule has 264 valence electrons. The number of rotatable bonds is 12. The predicted octanol–water partition coefficient (Wildman–Crippen LogP) is 4.91. The highest BCUT2D eigenvalue weighted by Crippen LogP contribution is 2.56. The van der Waals surface area contributed by atoms with E-state index in [1.54, 1.807) is 49.2 Å². The van der Waals surface area contributed by atoms with Gasteiger partial charge in [0.15, 0.2) is 23.0 Å². The zero-order valence-corrected chi connectivity index (χ0v) is 29.7. The van der Waals surface area contributed by atoms with Crippen molar-refractivity contribution < 1.29 is 43.5 Å². The Morgan fingerprint density at radius 3 is 1.98 bits per heavy atom. The van der Waals surface area contributed by atoms with E-state index >= 15 is 0 Å². The molecule has 2 aliphatic carbocycles. The van der Waals surface area contributed by atoms with Gasteiger partial charge in [-0.05, 0) is 105 Å². The van der Waals surface area contributed by atoms with Crippen molar-refractivity contribution >= 4 is 17.8 Å². The van der Waals surface area contributed by atoms with E-state index in [1.165, 1.54) is 16.7 Å². The lowest BCUT2D eigenvalue weighted by atomic mass is 9.66. The molecule has 3 aliphatic rings. The Bertz CT molecular complexity index is 1510. The Hall–Kier alpha value is -3.99. The number of nitrogens with zero attached hydrogens (tertiary/aromatic N) is 2. The number of methoxy groups -OCH3 is 4. The summed E-state index contributed by atoms with van der Waals surface area (Å²) in [6.45, 7) is 8.57. The third-order valence-corrected chi connectivity index (χ3v) is 11.1. The van der Waals surface area contributed by atoms with Gasteiger partial charge in [0.05, 0.1) is 46.2 Å². The second-order valence-electron chi connectivity index (χ2n) is 14.0. The molecule has 0 bridgehead atoms. The molecule has 0 unspecified atom stereocenters. The molecule has 11 nitrogen and oxygen atoms in total. The SMILES string of the molecule is CC1(C)[C@@H](C(=O)O)CC[C@@]1(C)C(=O)O.COc1cc2c(cc1OC)CC(=O)N(CCCN(C)C[C@H]1Cc3cc(OC)c(OC)cc31)CC2. The number of hydrogen-bond donors (Lipinski definition) is 2. The fourth-order valence-electron chi connectivity index (χ4n) is 7.47. The molecular formula is C37H52N2O9. The maximum atomic E-state index is 12.9. The van der Waals surface area contributed by atoms with Crippen molar-refractivity contribution in [3.05, 3.63) is 46.5 Å². The van der Waals surface area contributed by atoms with E-state index in [2.05, 4.69) is 24.1 Å². The van der Waals surface area contributed by atoms with Gasteiger partial charge in [-0.3, -0.25) is 14.4 Å². The lowest BCUT2D eigenvalue weighted by Crippen LogP contribution is -2.42. The van der Waals surface area contributed by atoms with Crippen molar-refractivity contribution in [3.8, 4) is 23.0 Å². The molecule has 1 saturated carbocycles. The van der Waals surface area contributed by atoms with E-state index in [0.717, 1.165) is 68.3 Å². The van der Waals surface area contributed by atoms with Crippen LogP contribution in [0.3, 0.4) is 0 Å². The van der Waals surface area contributed by atoms with Gasteiger partial charge in [-0.25, -0.2) is 0 Å². The van der Waals surface area contributed by atoms with Crippen LogP contribution in [0.2, 0.25) is 0 Å². The number of amides is 1. The van der Waals surface area contributed by atoms with Gasteiger partial charge in [-0.15, -0.1) is 0 Å². The van der Waals surface area contributed by atoms with Gasteiger partial charge < -0.3 is 39.0 Å². The standard InChI is InChI=1S/C27H36N2O5.C10H16O4/c1-28(17-21-11-20-14-25(33-4)26(34-5)16-22(20)21)8-6-9-29-10-7-18-12-23(31-2)24(32-3)13-19(18)15-27(29)30;1-9(2)6(7(11)12)4-5-10(9,3)8(13)14/h12-14,16,21H,6-11,15,17H2,1-5H3;6H,4-5H2,1-3H3,(H,11,12)(H,13,14)/t21-;6-,10+/m11/s1. The van der Waals surface area contributed by atoms with Crippen LogP contribution >= 0.6 is 0 Å². The summed E-state index contributed by atoms with van der Waals surface area (Å²) in [6.07, 6.45) is 4.15. The zero-order valence-electron chi connectivity index (χ0n) is 29.7. The van der Waals surface area contributed by atoms with E-state index in [-0.39, 0.29) is 5.91 Å². The number of carbonyl (C=O) groups excluding carboxylic acids is 1. The van der Waals surface area contributed by atoms with Gasteiger partial charge in [-0.1, -0.05) is 13.8 Å². The number of carboxylic acid groups (broad SMARTS) is 2. The molecule has 0 spiro atoms. The lowest BCUT2D eigenvalue weighted by molar-refractivity contribution is -0.157. The Balaban J connectivity index is 0.000000312. The first-order chi connectivity index (χ1) is 22.7.